The second-order valence-corrected chi connectivity index (χ2v) is 8.66. The highest BCUT2D eigenvalue weighted by atomic mass is 35.5. The maximum absolute atomic E-state index is 13.4. The Labute approximate surface area is 160 Å². The summed E-state index contributed by atoms with van der Waals surface area (Å²) in [4.78, 5) is 2.45. The highest BCUT2D eigenvalue weighted by Crippen LogP contribution is 2.49. The second-order valence-electron chi connectivity index (χ2n) is 8.23. The Morgan fingerprint density at radius 3 is 2.58 bits per heavy atom. The number of nitrogens with one attached hydrogen (secondary N) is 1. The molecule has 26 heavy (non-hydrogen) atoms. The van der Waals surface area contributed by atoms with Crippen molar-refractivity contribution in [1.29, 1.82) is 0 Å². The van der Waals surface area contributed by atoms with Gasteiger partial charge in [0.25, 0.3) is 0 Å². The Kier molecular flexibility index (Phi) is 4.58. The van der Waals surface area contributed by atoms with Crippen molar-refractivity contribution in [3.8, 4) is 0 Å². The van der Waals surface area contributed by atoms with Crippen molar-refractivity contribution in [2.75, 3.05) is 20.1 Å². The lowest BCUT2D eigenvalue weighted by Gasteiger charge is -2.49. The van der Waals surface area contributed by atoms with Crippen LogP contribution in [-0.2, 0) is 0 Å². The predicted molar refractivity (Wildman–Crippen MR) is 106 cm³/mol. The molecule has 0 saturated carbocycles. The number of likely N-dealkylation sites (N-methyl/N-ethyl adjacent to an activating group) is 1. The monoisotopic (exact) mass is 372 g/mol. The minimum absolute atomic E-state index is 0.0557. The van der Waals surface area contributed by atoms with Gasteiger partial charge < -0.3 is 5.32 Å². The van der Waals surface area contributed by atoms with Gasteiger partial charge in [-0.25, -0.2) is 4.39 Å². The molecule has 0 bridgehead atoms. The summed E-state index contributed by atoms with van der Waals surface area (Å²) in [6.07, 6.45) is 1.02. The maximum Gasteiger partial charge on any atom is 0.123 e. The van der Waals surface area contributed by atoms with Crippen LogP contribution in [0.3, 0.4) is 0 Å². The Bertz CT molecular complexity index is 802. The Morgan fingerprint density at radius 1 is 1.12 bits per heavy atom. The Hall–Kier alpha value is -1.42. The van der Waals surface area contributed by atoms with Gasteiger partial charge in [-0.2, -0.15) is 0 Å². The van der Waals surface area contributed by atoms with Crippen molar-refractivity contribution in [2.45, 2.75) is 43.7 Å². The fraction of sp³-hybridized carbons (Fsp3) is 0.455. The quantitative estimate of drug-likeness (QED) is 0.816. The van der Waals surface area contributed by atoms with Gasteiger partial charge in [0.05, 0.1) is 0 Å². The summed E-state index contributed by atoms with van der Waals surface area (Å²) in [5.74, 6) is 0.491. The van der Waals surface area contributed by atoms with Crippen LogP contribution in [0.5, 0.6) is 0 Å². The van der Waals surface area contributed by atoms with Crippen molar-refractivity contribution in [1.82, 2.24) is 10.2 Å². The van der Waals surface area contributed by atoms with Crippen LogP contribution >= 0.6 is 11.6 Å². The lowest BCUT2D eigenvalue weighted by Crippen LogP contribution is -2.64. The van der Waals surface area contributed by atoms with E-state index in [2.05, 4.69) is 43.2 Å². The van der Waals surface area contributed by atoms with Crippen LogP contribution in [0, 0.1) is 5.82 Å². The SMILES string of the molecule is CN1CCNC(C2CC(c3ccc(F)cc3)c3ccc(Cl)cc32)C1(C)C. The normalized spacial score (nSPS) is 28.1. The minimum atomic E-state index is -0.184. The van der Waals surface area contributed by atoms with Gasteiger partial charge in [0.15, 0.2) is 0 Å². The van der Waals surface area contributed by atoms with Crippen molar-refractivity contribution in [3.05, 3.63) is 70.0 Å². The van der Waals surface area contributed by atoms with Crippen molar-refractivity contribution in [3.63, 3.8) is 0 Å². The summed E-state index contributed by atoms with van der Waals surface area (Å²) in [6, 6.07) is 13.6. The molecule has 1 saturated heterocycles. The molecule has 138 valence electrons. The van der Waals surface area contributed by atoms with Gasteiger partial charge >= 0.3 is 0 Å². The van der Waals surface area contributed by atoms with Crippen LogP contribution in [0.1, 0.15) is 48.8 Å². The number of rotatable bonds is 2. The fourth-order valence-corrected chi connectivity index (χ4v) is 5.00. The lowest BCUT2D eigenvalue weighted by atomic mass is 9.78. The second kappa shape index (κ2) is 6.63. The molecular formula is C22H26ClFN2. The highest BCUT2D eigenvalue weighted by molar-refractivity contribution is 6.30. The standard InChI is InChI=1S/C22H26ClFN2/c1-22(2)21(25-10-11-26(22)3)20-13-18(14-4-7-16(24)8-5-14)17-9-6-15(23)12-19(17)20/h4-9,12,18,20-21,25H,10-11,13H2,1-3H3. The summed E-state index contributed by atoms with van der Waals surface area (Å²) >= 11 is 6.36. The predicted octanol–water partition coefficient (Wildman–Crippen LogP) is 4.78. The molecule has 1 aliphatic heterocycles. The highest BCUT2D eigenvalue weighted by Gasteiger charge is 2.45. The molecular weight excluding hydrogens is 347 g/mol. The molecule has 3 unspecified atom stereocenters. The van der Waals surface area contributed by atoms with Crippen molar-refractivity contribution in [2.24, 2.45) is 0 Å². The third-order valence-corrected chi connectivity index (χ3v) is 6.78. The summed E-state index contributed by atoms with van der Waals surface area (Å²) in [7, 11) is 2.21. The van der Waals surface area contributed by atoms with E-state index in [1.165, 1.54) is 16.7 Å². The molecule has 0 radical (unpaired) electrons. The molecule has 1 heterocycles. The molecule has 0 spiro atoms. The summed E-state index contributed by atoms with van der Waals surface area (Å²) in [5, 5.41) is 4.57. The summed E-state index contributed by atoms with van der Waals surface area (Å²) in [5.41, 5.74) is 3.91. The first-order valence-corrected chi connectivity index (χ1v) is 9.75. The van der Waals surface area contributed by atoms with E-state index in [1.54, 1.807) is 12.1 Å². The van der Waals surface area contributed by atoms with Gasteiger partial charge in [-0.3, -0.25) is 4.90 Å². The van der Waals surface area contributed by atoms with Crippen LogP contribution in [0.2, 0.25) is 5.02 Å². The molecule has 2 aliphatic rings. The minimum Gasteiger partial charge on any atom is -0.310 e. The molecule has 2 aromatic rings. The lowest BCUT2D eigenvalue weighted by molar-refractivity contribution is 0.0609. The van der Waals surface area contributed by atoms with E-state index in [-0.39, 0.29) is 17.3 Å². The van der Waals surface area contributed by atoms with E-state index in [9.17, 15) is 4.39 Å². The van der Waals surface area contributed by atoms with E-state index in [0.717, 1.165) is 24.5 Å². The van der Waals surface area contributed by atoms with Gasteiger partial charge in [0, 0.05) is 41.5 Å². The van der Waals surface area contributed by atoms with Crippen LogP contribution < -0.4 is 5.32 Å². The number of benzene rings is 2. The zero-order valence-electron chi connectivity index (χ0n) is 15.6. The third-order valence-electron chi connectivity index (χ3n) is 6.54. The molecule has 1 N–H and O–H groups in total. The van der Waals surface area contributed by atoms with E-state index in [4.69, 9.17) is 11.6 Å². The number of fused-ring (bicyclic) bond motifs is 1. The molecule has 3 atom stereocenters. The fourth-order valence-electron chi connectivity index (χ4n) is 4.82. The summed E-state index contributed by atoms with van der Waals surface area (Å²) in [6.45, 7) is 6.69. The largest absolute Gasteiger partial charge is 0.310 e. The molecule has 4 heteroatoms. The van der Waals surface area contributed by atoms with Gasteiger partial charge in [-0.1, -0.05) is 29.8 Å². The average Bonchev–Trinajstić information content (AvgIpc) is 2.96. The van der Waals surface area contributed by atoms with Gasteiger partial charge in [0.2, 0.25) is 0 Å². The molecule has 0 amide bonds. The molecule has 2 aromatic carbocycles. The Balaban J connectivity index is 1.76. The number of nitrogens with zero attached hydrogens (tertiary/aromatic N) is 1. The van der Waals surface area contributed by atoms with E-state index in [0.29, 0.717) is 12.0 Å². The van der Waals surface area contributed by atoms with E-state index in [1.807, 2.05) is 18.2 Å². The maximum atomic E-state index is 13.4. The first-order chi connectivity index (χ1) is 12.4. The Morgan fingerprint density at radius 2 is 1.85 bits per heavy atom. The number of piperazine rings is 1. The molecule has 0 aromatic heterocycles. The van der Waals surface area contributed by atoms with Crippen molar-refractivity contribution < 1.29 is 4.39 Å². The zero-order valence-corrected chi connectivity index (χ0v) is 16.4. The smallest absolute Gasteiger partial charge is 0.123 e. The molecule has 1 fully saturated rings. The third kappa shape index (κ3) is 2.96. The average molecular weight is 373 g/mol. The number of halogens is 2. The van der Waals surface area contributed by atoms with Gasteiger partial charge in [-0.05, 0) is 68.3 Å². The molecule has 1 aliphatic carbocycles. The zero-order chi connectivity index (χ0) is 18.5. The van der Waals surface area contributed by atoms with E-state index >= 15 is 0 Å². The number of hydrogen-bond acceptors (Lipinski definition) is 2. The van der Waals surface area contributed by atoms with Crippen molar-refractivity contribution >= 4 is 11.6 Å². The molecule has 4 rings (SSSR count). The number of hydrogen-bond donors (Lipinski definition) is 1. The van der Waals surface area contributed by atoms with Gasteiger partial charge in [0.1, 0.15) is 5.82 Å². The van der Waals surface area contributed by atoms with Crippen LogP contribution in [0.15, 0.2) is 42.5 Å². The van der Waals surface area contributed by atoms with Crippen LogP contribution in [-0.4, -0.2) is 36.6 Å². The van der Waals surface area contributed by atoms with E-state index < -0.39 is 0 Å². The summed E-state index contributed by atoms with van der Waals surface area (Å²) < 4.78 is 13.4. The first-order valence-electron chi connectivity index (χ1n) is 9.37. The van der Waals surface area contributed by atoms with Crippen LogP contribution in [0.4, 0.5) is 4.39 Å². The first kappa shape index (κ1) is 18.0. The van der Waals surface area contributed by atoms with Gasteiger partial charge in [-0.15, -0.1) is 0 Å². The van der Waals surface area contributed by atoms with Crippen LogP contribution in [0.25, 0.3) is 0 Å². The topological polar surface area (TPSA) is 15.3 Å². The molecule has 2 nitrogen and oxygen atoms in total.